The molecule has 0 bridgehead atoms. The number of hydrogen-bond acceptors (Lipinski definition) is 4. The number of hydrogen-bond donors (Lipinski definition) is 1. The molecule has 104 valence electrons. The number of para-hydroxylation sites is 1. The van der Waals surface area contributed by atoms with Crippen LogP contribution in [0.15, 0.2) is 22.7 Å². The molecule has 0 aliphatic heterocycles. The van der Waals surface area contributed by atoms with E-state index in [0.717, 1.165) is 33.6 Å². The summed E-state index contributed by atoms with van der Waals surface area (Å²) < 4.78 is 7.30. The van der Waals surface area contributed by atoms with Crippen LogP contribution in [0.25, 0.3) is 11.0 Å². The van der Waals surface area contributed by atoms with E-state index in [9.17, 15) is 0 Å². The van der Waals surface area contributed by atoms with Gasteiger partial charge in [-0.3, -0.25) is 0 Å². The molecular formula is C15H18N4O. The molecule has 2 aromatic heterocycles. The molecule has 5 nitrogen and oxygen atoms in total. The summed E-state index contributed by atoms with van der Waals surface area (Å²) in [4.78, 5) is 4.49. The van der Waals surface area contributed by atoms with Crippen LogP contribution in [0, 0.1) is 20.8 Å². The topological polar surface area (TPSA) is 69.9 Å². The molecule has 1 unspecified atom stereocenters. The van der Waals surface area contributed by atoms with Crippen LogP contribution in [0.4, 0.5) is 5.95 Å². The maximum atomic E-state index is 6.13. The molecule has 0 radical (unpaired) electrons. The maximum absolute atomic E-state index is 6.13. The van der Waals surface area contributed by atoms with E-state index in [1.807, 2.05) is 43.5 Å². The average Bonchev–Trinajstić information content (AvgIpc) is 2.90. The van der Waals surface area contributed by atoms with Crippen LogP contribution in [0.1, 0.15) is 35.5 Å². The molecule has 5 heteroatoms. The van der Waals surface area contributed by atoms with Gasteiger partial charge in [0.15, 0.2) is 0 Å². The molecule has 0 aliphatic carbocycles. The van der Waals surface area contributed by atoms with Crippen molar-refractivity contribution in [2.45, 2.75) is 33.7 Å². The molecule has 0 spiro atoms. The largest absolute Gasteiger partial charge is 0.369 e. The Morgan fingerprint density at radius 1 is 1.25 bits per heavy atom. The SMILES string of the molecule is Cc1noc(C)c1C(C)n1c(N)nc2c(C)cccc21. The highest BCUT2D eigenvalue weighted by Crippen LogP contribution is 2.31. The third-order valence-corrected chi connectivity index (χ3v) is 3.84. The predicted octanol–water partition coefficient (Wildman–Crippen LogP) is 3.14. The Hall–Kier alpha value is -2.30. The van der Waals surface area contributed by atoms with E-state index in [4.69, 9.17) is 10.3 Å². The second-order valence-electron chi connectivity index (χ2n) is 5.20. The fourth-order valence-corrected chi connectivity index (χ4v) is 2.90. The van der Waals surface area contributed by atoms with Gasteiger partial charge in [-0.25, -0.2) is 4.98 Å². The molecule has 0 saturated heterocycles. The van der Waals surface area contributed by atoms with Crippen molar-refractivity contribution in [3.05, 3.63) is 40.8 Å². The van der Waals surface area contributed by atoms with E-state index >= 15 is 0 Å². The fourth-order valence-electron chi connectivity index (χ4n) is 2.90. The van der Waals surface area contributed by atoms with E-state index in [2.05, 4.69) is 17.1 Å². The van der Waals surface area contributed by atoms with Gasteiger partial charge in [-0.05, 0) is 39.3 Å². The second-order valence-corrected chi connectivity index (χ2v) is 5.20. The first-order chi connectivity index (χ1) is 9.50. The number of imidazole rings is 1. The smallest absolute Gasteiger partial charge is 0.201 e. The normalized spacial score (nSPS) is 13.0. The quantitative estimate of drug-likeness (QED) is 0.776. The number of aryl methyl sites for hydroxylation is 3. The summed E-state index contributed by atoms with van der Waals surface area (Å²) in [7, 11) is 0. The zero-order valence-electron chi connectivity index (χ0n) is 12.1. The first kappa shape index (κ1) is 12.7. The lowest BCUT2D eigenvalue weighted by Crippen LogP contribution is -2.11. The monoisotopic (exact) mass is 270 g/mol. The Morgan fingerprint density at radius 3 is 2.65 bits per heavy atom. The third-order valence-electron chi connectivity index (χ3n) is 3.84. The predicted molar refractivity (Wildman–Crippen MR) is 78.7 cm³/mol. The number of nitrogen functional groups attached to an aromatic ring is 1. The van der Waals surface area contributed by atoms with Gasteiger partial charge in [-0.15, -0.1) is 0 Å². The molecule has 0 aliphatic rings. The van der Waals surface area contributed by atoms with Gasteiger partial charge in [0, 0.05) is 5.56 Å². The van der Waals surface area contributed by atoms with Crippen molar-refractivity contribution >= 4 is 17.0 Å². The van der Waals surface area contributed by atoms with Crippen molar-refractivity contribution in [2.24, 2.45) is 0 Å². The average molecular weight is 270 g/mol. The Morgan fingerprint density at radius 2 is 2.00 bits per heavy atom. The van der Waals surface area contributed by atoms with Crippen LogP contribution >= 0.6 is 0 Å². The van der Waals surface area contributed by atoms with E-state index in [0.29, 0.717) is 5.95 Å². The molecule has 0 fully saturated rings. The van der Waals surface area contributed by atoms with Crippen molar-refractivity contribution in [2.75, 3.05) is 5.73 Å². The van der Waals surface area contributed by atoms with Gasteiger partial charge in [0.2, 0.25) is 5.95 Å². The highest BCUT2D eigenvalue weighted by Gasteiger charge is 2.22. The number of aromatic nitrogens is 3. The number of benzene rings is 1. The summed E-state index contributed by atoms with van der Waals surface area (Å²) in [6.45, 7) is 8.00. The summed E-state index contributed by atoms with van der Waals surface area (Å²) in [5.74, 6) is 1.34. The molecule has 0 amide bonds. The number of nitrogens with two attached hydrogens (primary N) is 1. The van der Waals surface area contributed by atoms with Gasteiger partial charge in [0.25, 0.3) is 0 Å². The molecule has 20 heavy (non-hydrogen) atoms. The van der Waals surface area contributed by atoms with E-state index < -0.39 is 0 Å². The third kappa shape index (κ3) is 1.70. The van der Waals surface area contributed by atoms with Gasteiger partial charge in [0.05, 0.1) is 22.8 Å². The molecular weight excluding hydrogens is 252 g/mol. The zero-order chi connectivity index (χ0) is 14.4. The van der Waals surface area contributed by atoms with Crippen LogP contribution < -0.4 is 5.73 Å². The van der Waals surface area contributed by atoms with Gasteiger partial charge >= 0.3 is 0 Å². The van der Waals surface area contributed by atoms with Crippen LogP contribution in [0.3, 0.4) is 0 Å². The highest BCUT2D eigenvalue weighted by molar-refractivity contribution is 5.81. The first-order valence-corrected chi connectivity index (χ1v) is 6.66. The first-order valence-electron chi connectivity index (χ1n) is 6.66. The molecule has 1 atom stereocenters. The van der Waals surface area contributed by atoms with Gasteiger partial charge in [0.1, 0.15) is 5.76 Å². The lowest BCUT2D eigenvalue weighted by Gasteiger charge is -2.16. The Labute approximate surface area is 117 Å². The minimum absolute atomic E-state index is 0.0352. The van der Waals surface area contributed by atoms with E-state index in [-0.39, 0.29) is 6.04 Å². The van der Waals surface area contributed by atoms with Crippen molar-refractivity contribution in [3.63, 3.8) is 0 Å². The maximum Gasteiger partial charge on any atom is 0.201 e. The zero-order valence-corrected chi connectivity index (χ0v) is 12.1. The standard InChI is InChI=1S/C15H18N4O/c1-8-6-5-7-12-14(8)17-15(16)19(12)10(3)13-9(2)18-20-11(13)4/h5-7,10H,1-4H3,(H2,16,17). The van der Waals surface area contributed by atoms with Crippen molar-refractivity contribution in [3.8, 4) is 0 Å². The highest BCUT2D eigenvalue weighted by atomic mass is 16.5. The van der Waals surface area contributed by atoms with Crippen molar-refractivity contribution in [1.29, 1.82) is 0 Å². The van der Waals surface area contributed by atoms with E-state index in [1.165, 1.54) is 0 Å². The molecule has 2 heterocycles. The molecule has 3 rings (SSSR count). The number of rotatable bonds is 2. The van der Waals surface area contributed by atoms with Crippen LogP contribution in [0.2, 0.25) is 0 Å². The van der Waals surface area contributed by atoms with Gasteiger partial charge < -0.3 is 14.8 Å². The van der Waals surface area contributed by atoms with Crippen LogP contribution in [0.5, 0.6) is 0 Å². The Bertz CT molecular complexity index is 765. The number of nitrogens with zero attached hydrogens (tertiary/aromatic N) is 3. The Balaban J connectivity index is 2.25. The number of fused-ring (bicyclic) bond motifs is 1. The van der Waals surface area contributed by atoms with Gasteiger partial charge in [-0.2, -0.15) is 0 Å². The summed E-state index contributed by atoms with van der Waals surface area (Å²) >= 11 is 0. The van der Waals surface area contributed by atoms with Crippen molar-refractivity contribution < 1.29 is 4.52 Å². The van der Waals surface area contributed by atoms with Crippen LogP contribution in [-0.2, 0) is 0 Å². The lowest BCUT2D eigenvalue weighted by molar-refractivity contribution is 0.391. The summed E-state index contributed by atoms with van der Waals surface area (Å²) in [6, 6.07) is 6.14. The summed E-state index contributed by atoms with van der Waals surface area (Å²) in [5.41, 5.74) is 11.2. The minimum Gasteiger partial charge on any atom is -0.369 e. The fraction of sp³-hybridized carbons (Fsp3) is 0.333. The molecule has 3 aromatic rings. The molecule has 1 aromatic carbocycles. The van der Waals surface area contributed by atoms with Gasteiger partial charge in [-0.1, -0.05) is 17.3 Å². The summed E-state index contributed by atoms with van der Waals surface area (Å²) in [6.07, 6.45) is 0. The minimum atomic E-state index is 0.0352. The Kier molecular flexibility index (Phi) is 2.78. The van der Waals surface area contributed by atoms with Crippen molar-refractivity contribution in [1.82, 2.24) is 14.7 Å². The lowest BCUT2D eigenvalue weighted by atomic mass is 10.1. The number of anilines is 1. The second kappa shape index (κ2) is 4.37. The van der Waals surface area contributed by atoms with E-state index in [1.54, 1.807) is 0 Å². The molecule has 0 saturated carbocycles. The molecule has 2 N–H and O–H groups in total. The van der Waals surface area contributed by atoms with Crippen LogP contribution in [-0.4, -0.2) is 14.7 Å². The summed E-state index contributed by atoms with van der Waals surface area (Å²) in [5, 5.41) is 4.02.